The highest BCUT2D eigenvalue weighted by molar-refractivity contribution is 7.80. The Morgan fingerprint density at radius 2 is 1.91 bits per heavy atom. The van der Waals surface area contributed by atoms with Crippen molar-refractivity contribution in [3.8, 4) is 0 Å². The number of thiocarbonyl (C=S) groups is 1. The van der Waals surface area contributed by atoms with Gasteiger partial charge in [-0.1, -0.05) is 12.1 Å². The Balaban J connectivity index is 1.66. The van der Waals surface area contributed by atoms with Crippen molar-refractivity contribution in [3.63, 3.8) is 0 Å². The van der Waals surface area contributed by atoms with Gasteiger partial charge in [-0.15, -0.1) is 11.3 Å². The van der Waals surface area contributed by atoms with E-state index in [4.69, 9.17) is 12.2 Å². The number of anilines is 1. The maximum absolute atomic E-state index is 12.8. The molecule has 2 aromatic carbocycles. The van der Waals surface area contributed by atoms with Gasteiger partial charge in [-0.05, 0) is 55.5 Å². The van der Waals surface area contributed by atoms with Gasteiger partial charge in [0.1, 0.15) is 10.8 Å². The van der Waals surface area contributed by atoms with Crippen LogP contribution in [0, 0.1) is 5.82 Å². The largest absolute Gasteiger partial charge is 0.331 e. The van der Waals surface area contributed by atoms with E-state index in [1.807, 2.05) is 31.2 Å². The van der Waals surface area contributed by atoms with E-state index in [-0.39, 0.29) is 5.82 Å². The number of thiazole rings is 1. The summed E-state index contributed by atoms with van der Waals surface area (Å²) in [5, 5.41) is 8.34. The molecule has 0 atom stereocenters. The van der Waals surface area contributed by atoms with Crippen molar-refractivity contribution in [1.82, 2.24) is 10.4 Å². The fourth-order valence-electron chi connectivity index (χ4n) is 1.90. The fraction of sp³-hybridized carbons (Fsp3) is 0.0625. The third-order valence-electron chi connectivity index (χ3n) is 3.03. The first-order chi connectivity index (χ1) is 11.1. The smallest absolute Gasteiger partial charge is 0.191 e. The summed E-state index contributed by atoms with van der Waals surface area (Å²) in [5.74, 6) is -0.292. The molecular weight excluding hydrogens is 331 g/mol. The molecule has 0 aliphatic heterocycles. The summed E-state index contributed by atoms with van der Waals surface area (Å²) in [7, 11) is 0. The summed E-state index contributed by atoms with van der Waals surface area (Å²) in [6, 6.07) is 13.9. The second-order valence-corrected chi connectivity index (χ2v) is 6.20. The second kappa shape index (κ2) is 6.80. The van der Waals surface area contributed by atoms with Crippen LogP contribution in [0.25, 0.3) is 10.2 Å². The van der Waals surface area contributed by atoms with Crippen LogP contribution in [0.2, 0.25) is 0 Å². The summed E-state index contributed by atoms with van der Waals surface area (Å²) in [6.07, 6.45) is 0. The molecule has 0 spiro atoms. The van der Waals surface area contributed by atoms with Crippen LogP contribution in [-0.2, 0) is 0 Å². The fourth-order valence-corrected chi connectivity index (χ4v) is 2.98. The minimum absolute atomic E-state index is 0.292. The van der Waals surface area contributed by atoms with Crippen LogP contribution in [0.1, 0.15) is 11.9 Å². The minimum Gasteiger partial charge on any atom is -0.331 e. The number of hydrazone groups is 1. The third kappa shape index (κ3) is 3.88. The van der Waals surface area contributed by atoms with Gasteiger partial charge in [0.15, 0.2) is 5.11 Å². The van der Waals surface area contributed by atoms with Crippen LogP contribution in [-0.4, -0.2) is 15.8 Å². The van der Waals surface area contributed by atoms with Crippen molar-refractivity contribution >= 4 is 50.3 Å². The molecule has 0 fully saturated rings. The molecule has 23 heavy (non-hydrogen) atoms. The van der Waals surface area contributed by atoms with Crippen LogP contribution < -0.4 is 10.7 Å². The molecule has 1 aromatic heterocycles. The molecule has 1 heterocycles. The van der Waals surface area contributed by atoms with Crippen molar-refractivity contribution in [3.05, 3.63) is 59.4 Å². The van der Waals surface area contributed by atoms with Crippen LogP contribution in [0.4, 0.5) is 10.1 Å². The van der Waals surface area contributed by atoms with E-state index in [0.29, 0.717) is 10.8 Å². The van der Waals surface area contributed by atoms with E-state index in [9.17, 15) is 4.39 Å². The molecule has 4 nitrogen and oxygen atoms in total. The predicted molar refractivity (Wildman–Crippen MR) is 97.6 cm³/mol. The van der Waals surface area contributed by atoms with Crippen molar-refractivity contribution in [1.29, 1.82) is 0 Å². The summed E-state index contributed by atoms with van der Waals surface area (Å²) in [6.45, 7) is 1.87. The van der Waals surface area contributed by atoms with Crippen LogP contribution >= 0.6 is 23.6 Å². The molecular formula is C16H13FN4S2. The van der Waals surface area contributed by atoms with Gasteiger partial charge in [-0.25, -0.2) is 9.37 Å². The van der Waals surface area contributed by atoms with E-state index in [2.05, 4.69) is 20.8 Å². The van der Waals surface area contributed by atoms with Gasteiger partial charge >= 0.3 is 0 Å². The van der Waals surface area contributed by atoms with Gasteiger partial charge in [0.25, 0.3) is 0 Å². The first-order valence-corrected chi connectivity index (χ1v) is 8.07. The van der Waals surface area contributed by atoms with Gasteiger partial charge in [0.05, 0.1) is 15.9 Å². The number of halogens is 1. The Labute approximate surface area is 142 Å². The van der Waals surface area contributed by atoms with Gasteiger partial charge in [0, 0.05) is 5.69 Å². The molecule has 0 unspecified atom stereocenters. The zero-order valence-electron chi connectivity index (χ0n) is 12.2. The van der Waals surface area contributed by atoms with Crippen molar-refractivity contribution < 1.29 is 4.39 Å². The summed E-state index contributed by atoms with van der Waals surface area (Å²) in [5.41, 5.74) is 5.16. The van der Waals surface area contributed by atoms with E-state index >= 15 is 0 Å². The van der Waals surface area contributed by atoms with Gasteiger partial charge < -0.3 is 5.32 Å². The zero-order chi connectivity index (χ0) is 16.2. The monoisotopic (exact) mass is 344 g/mol. The highest BCUT2D eigenvalue weighted by Crippen LogP contribution is 2.21. The lowest BCUT2D eigenvalue weighted by Crippen LogP contribution is -2.24. The lowest BCUT2D eigenvalue weighted by atomic mass is 10.3. The number of nitrogens with zero attached hydrogens (tertiary/aromatic N) is 2. The second-order valence-electron chi connectivity index (χ2n) is 4.76. The normalized spacial score (nSPS) is 11.5. The van der Waals surface area contributed by atoms with E-state index in [1.165, 1.54) is 12.1 Å². The third-order valence-corrected chi connectivity index (χ3v) is 4.37. The highest BCUT2D eigenvalue weighted by atomic mass is 32.1. The average molecular weight is 344 g/mol. The summed E-state index contributed by atoms with van der Waals surface area (Å²) >= 11 is 6.74. The van der Waals surface area contributed by atoms with Gasteiger partial charge in [-0.3, -0.25) is 5.43 Å². The van der Waals surface area contributed by atoms with Gasteiger partial charge in [0.2, 0.25) is 0 Å². The molecule has 3 aromatic rings. The Kier molecular flexibility index (Phi) is 4.59. The van der Waals surface area contributed by atoms with Crippen LogP contribution in [0.5, 0.6) is 0 Å². The molecule has 0 radical (unpaired) electrons. The molecule has 0 amide bonds. The molecule has 116 valence electrons. The number of nitrogens with one attached hydrogen (secondary N) is 2. The Hall–Kier alpha value is -2.38. The molecule has 0 saturated carbocycles. The van der Waals surface area contributed by atoms with E-state index in [1.54, 1.807) is 23.5 Å². The van der Waals surface area contributed by atoms with Crippen LogP contribution in [0.3, 0.4) is 0 Å². The quantitative estimate of drug-likeness (QED) is 0.426. The molecule has 2 N–H and O–H groups in total. The lowest BCUT2D eigenvalue weighted by Gasteiger charge is -2.07. The van der Waals surface area contributed by atoms with E-state index < -0.39 is 0 Å². The van der Waals surface area contributed by atoms with Crippen molar-refractivity contribution in [2.45, 2.75) is 6.92 Å². The maximum Gasteiger partial charge on any atom is 0.191 e. The number of fused-ring (bicyclic) bond motifs is 1. The summed E-state index contributed by atoms with van der Waals surface area (Å²) in [4.78, 5) is 4.53. The topological polar surface area (TPSA) is 49.3 Å². The first-order valence-electron chi connectivity index (χ1n) is 6.84. The number of benzene rings is 2. The number of hydrogen-bond donors (Lipinski definition) is 2. The zero-order valence-corrected chi connectivity index (χ0v) is 13.8. The summed E-state index contributed by atoms with van der Waals surface area (Å²) < 4.78 is 14.0. The Morgan fingerprint density at radius 3 is 2.65 bits per heavy atom. The van der Waals surface area contributed by atoms with E-state index in [0.717, 1.165) is 20.9 Å². The molecule has 0 aliphatic rings. The Bertz CT molecular complexity index is 838. The molecule has 7 heteroatoms. The van der Waals surface area contributed by atoms with Crippen molar-refractivity contribution in [2.24, 2.45) is 5.10 Å². The van der Waals surface area contributed by atoms with Gasteiger partial charge in [-0.2, -0.15) is 5.10 Å². The van der Waals surface area contributed by atoms with Crippen molar-refractivity contribution in [2.75, 3.05) is 5.32 Å². The predicted octanol–water partition coefficient (Wildman–Crippen LogP) is 4.15. The lowest BCUT2D eigenvalue weighted by molar-refractivity contribution is 0.628. The number of hydrogen-bond acceptors (Lipinski definition) is 4. The van der Waals surface area contributed by atoms with Crippen LogP contribution in [0.15, 0.2) is 53.6 Å². The first kappa shape index (κ1) is 15.5. The molecule has 0 saturated heterocycles. The highest BCUT2D eigenvalue weighted by Gasteiger charge is 2.06. The number of rotatable bonds is 3. The SMILES string of the molecule is C/C(=N/NC(=S)Nc1ccc(F)cc1)c1nc2ccccc2s1. The number of aromatic nitrogens is 1. The minimum atomic E-state index is -0.292. The molecule has 0 aliphatic carbocycles. The molecule has 0 bridgehead atoms. The molecule has 3 rings (SSSR count). The standard InChI is InChI=1S/C16H13FN4S2/c1-10(15-19-13-4-2-3-5-14(13)23-15)20-21-16(22)18-12-8-6-11(17)7-9-12/h2-9H,1H3,(H2,18,21,22)/b20-10-. The Morgan fingerprint density at radius 1 is 1.17 bits per heavy atom. The average Bonchev–Trinajstić information content (AvgIpc) is 2.99. The maximum atomic E-state index is 12.8. The number of para-hydroxylation sites is 1.